The maximum absolute atomic E-state index is 5.64. The maximum atomic E-state index is 5.64. The van der Waals surface area contributed by atoms with E-state index in [0.717, 1.165) is 48.9 Å². The van der Waals surface area contributed by atoms with Gasteiger partial charge in [-0.25, -0.2) is 0 Å². The molecule has 2 heterocycles. The largest absolute Gasteiger partial charge is 0.497 e. The van der Waals surface area contributed by atoms with E-state index in [1.807, 2.05) is 18.2 Å². The van der Waals surface area contributed by atoms with Crippen molar-refractivity contribution in [3.05, 3.63) is 77.6 Å². The van der Waals surface area contributed by atoms with E-state index in [0.29, 0.717) is 0 Å². The number of ether oxygens (including phenoxy) is 3. The molecule has 0 saturated heterocycles. The topological polar surface area (TPSA) is 35.9 Å². The van der Waals surface area contributed by atoms with Crippen molar-refractivity contribution in [1.82, 2.24) is 9.47 Å². The lowest BCUT2D eigenvalue weighted by Crippen LogP contribution is -2.29. The highest BCUT2D eigenvalue weighted by molar-refractivity contribution is 5.41. The van der Waals surface area contributed by atoms with Crippen molar-refractivity contribution in [3.63, 3.8) is 0 Å². The van der Waals surface area contributed by atoms with E-state index in [4.69, 9.17) is 14.2 Å². The van der Waals surface area contributed by atoms with Crippen molar-refractivity contribution in [2.45, 2.75) is 25.6 Å². The van der Waals surface area contributed by atoms with E-state index in [2.05, 4.69) is 52.1 Å². The number of rotatable bonds is 6. The van der Waals surface area contributed by atoms with Crippen LogP contribution in [0.3, 0.4) is 0 Å². The molecule has 0 saturated carbocycles. The summed E-state index contributed by atoms with van der Waals surface area (Å²) in [5.41, 5.74) is 3.66. The standard InChI is InChI=1S/C24H28N2O3/c1-27-20-8-4-7-18(15-20)24-22-9-5-12-25(22)13-6-14-26(24)17-19-16-21(28-2)10-11-23(19)29-3/h4-5,7-12,15-16,24H,6,13-14,17H2,1-3H3/t24-/m1/s1. The maximum Gasteiger partial charge on any atom is 0.123 e. The number of aromatic nitrogens is 1. The fourth-order valence-corrected chi connectivity index (χ4v) is 4.23. The van der Waals surface area contributed by atoms with E-state index in [-0.39, 0.29) is 6.04 Å². The number of methoxy groups -OCH3 is 3. The first kappa shape index (κ1) is 19.4. The summed E-state index contributed by atoms with van der Waals surface area (Å²) >= 11 is 0. The molecule has 4 rings (SSSR count). The Kier molecular flexibility index (Phi) is 5.76. The second kappa shape index (κ2) is 8.62. The first-order valence-corrected chi connectivity index (χ1v) is 9.97. The van der Waals surface area contributed by atoms with Gasteiger partial charge in [0.1, 0.15) is 17.2 Å². The van der Waals surface area contributed by atoms with E-state index < -0.39 is 0 Å². The van der Waals surface area contributed by atoms with E-state index >= 15 is 0 Å². The van der Waals surface area contributed by atoms with Gasteiger partial charge in [0.05, 0.1) is 27.4 Å². The van der Waals surface area contributed by atoms with Crippen LogP contribution in [0.4, 0.5) is 0 Å². The molecule has 29 heavy (non-hydrogen) atoms. The zero-order valence-corrected chi connectivity index (χ0v) is 17.3. The zero-order valence-electron chi connectivity index (χ0n) is 17.3. The van der Waals surface area contributed by atoms with E-state index in [1.54, 1.807) is 21.3 Å². The highest BCUT2D eigenvalue weighted by atomic mass is 16.5. The summed E-state index contributed by atoms with van der Waals surface area (Å²) in [5.74, 6) is 2.61. The van der Waals surface area contributed by atoms with Crippen LogP contribution in [0.1, 0.15) is 29.3 Å². The molecule has 5 nitrogen and oxygen atoms in total. The van der Waals surface area contributed by atoms with Crippen LogP contribution in [0.2, 0.25) is 0 Å². The molecule has 0 radical (unpaired) electrons. The molecule has 2 aromatic carbocycles. The summed E-state index contributed by atoms with van der Waals surface area (Å²) in [6.07, 6.45) is 3.27. The van der Waals surface area contributed by atoms with Crippen molar-refractivity contribution in [2.75, 3.05) is 27.9 Å². The van der Waals surface area contributed by atoms with Gasteiger partial charge in [-0.05, 0) is 54.4 Å². The number of nitrogens with zero attached hydrogens (tertiary/aromatic N) is 2. The molecule has 152 valence electrons. The Balaban J connectivity index is 1.76. The molecule has 0 fully saturated rings. The number of hydrogen-bond donors (Lipinski definition) is 0. The lowest BCUT2D eigenvalue weighted by Gasteiger charge is -2.31. The molecule has 1 aliphatic heterocycles. The lowest BCUT2D eigenvalue weighted by atomic mass is 10.0. The molecule has 0 aliphatic carbocycles. The Morgan fingerprint density at radius 3 is 2.48 bits per heavy atom. The van der Waals surface area contributed by atoms with Gasteiger partial charge in [0.15, 0.2) is 0 Å². The fourth-order valence-electron chi connectivity index (χ4n) is 4.23. The first-order valence-electron chi connectivity index (χ1n) is 9.97. The quantitative estimate of drug-likeness (QED) is 0.618. The van der Waals surface area contributed by atoms with Gasteiger partial charge in [-0.3, -0.25) is 4.90 Å². The summed E-state index contributed by atoms with van der Waals surface area (Å²) in [4.78, 5) is 2.52. The van der Waals surface area contributed by atoms with Crippen LogP contribution in [0, 0.1) is 0 Å². The third-order valence-electron chi connectivity index (χ3n) is 5.62. The van der Waals surface area contributed by atoms with Crippen LogP contribution in [-0.2, 0) is 13.1 Å². The van der Waals surface area contributed by atoms with Crippen molar-refractivity contribution in [3.8, 4) is 17.2 Å². The van der Waals surface area contributed by atoms with Crippen LogP contribution >= 0.6 is 0 Å². The van der Waals surface area contributed by atoms with Crippen LogP contribution in [-0.4, -0.2) is 37.3 Å². The van der Waals surface area contributed by atoms with Gasteiger partial charge in [0.25, 0.3) is 0 Å². The predicted molar refractivity (Wildman–Crippen MR) is 114 cm³/mol. The van der Waals surface area contributed by atoms with Gasteiger partial charge in [-0.2, -0.15) is 0 Å². The van der Waals surface area contributed by atoms with Crippen molar-refractivity contribution >= 4 is 0 Å². The molecule has 0 unspecified atom stereocenters. The highest BCUT2D eigenvalue weighted by Gasteiger charge is 2.28. The van der Waals surface area contributed by atoms with Gasteiger partial charge in [-0.15, -0.1) is 0 Å². The van der Waals surface area contributed by atoms with Crippen molar-refractivity contribution < 1.29 is 14.2 Å². The minimum Gasteiger partial charge on any atom is -0.497 e. The second-order valence-corrected chi connectivity index (χ2v) is 7.31. The van der Waals surface area contributed by atoms with Crippen molar-refractivity contribution in [1.29, 1.82) is 0 Å². The Labute approximate surface area is 172 Å². The van der Waals surface area contributed by atoms with Gasteiger partial charge in [-0.1, -0.05) is 12.1 Å². The minimum absolute atomic E-state index is 0.138. The fraction of sp³-hybridized carbons (Fsp3) is 0.333. The average Bonchev–Trinajstić information content (AvgIpc) is 3.15. The van der Waals surface area contributed by atoms with Gasteiger partial charge in [0, 0.05) is 37.1 Å². The smallest absolute Gasteiger partial charge is 0.123 e. The number of benzene rings is 2. The molecule has 1 aliphatic rings. The third kappa shape index (κ3) is 3.96. The van der Waals surface area contributed by atoms with Gasteiger partial charge >= 0.3 is 0 Å². The summed E-state index contributed by atoms with van der Waals surface area (Å²) in [5, 5.41) is 0. The number of fused-ring (bicyclic) bond motifs is 1. The second-order valence-electron chi connectivity index (χ2n) is 7.31. The normalized spacial score (nSPS) is 16.7. The first-order chi connectivity index (χ1) is 14.2. The van der Waals surface area contributed by atoms with Gasteiger partial charge < -0.3 is 18.8 Å². The monoisotopic (exact) mass is 392 g/mol. The Morgan fingerprint density at radius 1 is 0.862 bits per heavy atom. The summed E-state index contributed by atoms with van der Waals surface area (Å²) < 4.78 is 19.0. The molecule has 0 bridgehead atoms. The van der Waals surface area contributed by atoms with Crippen molar-refractivity contribution in [2.24, 2.45) is 0 Å². The SMILES string of the molecule is COc1cccc([C@@H]2c3cccn3CCCN2Cc2cc(OC)ccc2OC)c1. The molecule has 1 atom stereocenters. The number of aryl methyl sites for hydroxylation is 1. The average molecular weight is 392 g/mol. The van der Waals surface area contributed by atoms with Crippen LogP contribution in [0.25, 0.3) is 0 Å². The van der Waals surface area contributed by atoms with Gasteiger partial charge in [0.2, 0.25) is 0 Å². The summed E-state index contributed by atoms with van der Waals surface area (Å²) in [6, 6.07) is 18.9. The minimum atomic E-state index is 0.138. The molecule has 3 aromatic rings. The Hall–Kier alpha value is -2.92. The molecular formula is C24H28N2O3. The zero-order chi connectivity index (χ0) is 20.2. The summed E-state index contributed by atoms with van der Waals surface area (Å²) in [6.45, 7) is 2.78. The molecule has 5 heteroatoms. The number of hydrogen-bond acceptors (Lipinski definition) is 4. The van der Waals surface area contributed by atoms with E-state index in [1.165, 1.54) is 11.3 Å². The Morgan fingerprint density at radius 2 is 1.69 bits per heavy atom. The molecular weight excluding hydrogens is 364 g/mol. The van der Waals surface area contributed by atoms with Crippen LogP contribution in [0.5, 0.6) is 17.2 Å². The summed E-state index contributed by atoms with van der Waals surface area (Å²) in [7, 11) is 5.13. The highest BCUT2D eigenvalue weighted by Crippen LogP contribution is 2.36. The van der Waals surface area contributed by atoms with Crippen LogP contribution in [0.15, 0.2) is 60.8 Å². The molecule has 1 aromatic heterocycles. The predicted octanol–water partition coefficient (Wildman–Crippen LogP) is 4.51. The van der Waals surface area contributed by atoms with E-state index in [9.17, 15) is 0 Å². The molecule has 0 N–H and O–H groups in total. The third-order valence-corrected chi connectivity index (χ3v) is 5.62. The lowest BCUT2D eigenvalue weighted by molar-refractivity contribution is 0.216. The molecule has 0 spiro atoms. The Bertz CT molecular complexity index is 966. The molecule has 0 amide bonds. The van der Waals surface area contributed by atoms with Crippen LogP contribution < -0.4 is 14.2 Å².